The first-order chi connectivity index (χ1) is 15.6. The summed E-state index contributed by atoms with van der Waals surface area (Å²) >= 11 is 0. The van der Waals surface area contributed by atoms with E-state index in [1.807, 2.05) is 65.6 Å². The molecule has 5 aromatic rings. The molecule has 0 saturated heterocycles. The number of nitrogens with zero attached hydrogens (tertiary/aromatic N) is 7. The minimum atomic E-state index is 0.531. The van der Waals surface area contributed by atoms with E-state index in [-0.39, 0.29) is 0 Å². The van der Waals surface area contributed by atoms with E-state index >= 15 is 0 Å². The molecule has 0 aliphatic carbocycles. The fraction of sp³-hybridized carbons (Fsp3) is 0.120. The second kappa shape index (κ2) is 8.11. The number of anilines is 3. The van der Waals surface area contributed by atoms with Gasteiger partial charge in [0.2, 0.25) is 0 Å². The number of hydrogen-bond donors (Lipinski definition) is 0. The summed E-state index contributed by atoms with van der Waals surface area (Å²) in [4.78, 5) is 8.22. The molecule has 2 aromatic heterocycles. The van der Waals surface area contributed by atoms with Crippen LogP contribution in [-0.2, 0) is 0 Å². The van der Waals surface area contributed by atoms with E-state index < -0.39 is 0 Å². The Labute approximate surface area is 186 Å². The monoisotopic (exact) mass is 421 g/mol. The molecule has 7 heteroatoms. The molecule has 0 N–H and O–H groups in total. The zero-order valence-electron chi connectivity index (χ0n) is 18.2. The van der Waals surface area contributed by atoms with Crippen molar-refractivity contribution in [3.05, 3.63) is 102 Å². The molecule has 2 heterocycles. The quantitative estimate of drug-likeness (QED) is 0.388. The van der Waals surface area contributed by atoms with E-state index in [4.69, 9.17) is 10.2 Å². The van der Waals surface area contributed by atoms with E-state index in [1.165, 1.54) is 5.56 Å². The first-order valence-electron chi connectivity index (χ1n) is 10.4. The molecule has 5 rings (SSSR count). The van der Waals surface area contributed by atoms with Gasteiger partial charge in [-0.15, -0.1) is 15.0 Å². The van der Waals surface area contributed by atoms with Gasteiger partial charge >= 0.3 is 0 Å². The van der Waals surface area contributed by atoms with Crippen LogP contribution in [0.4, 0.5) is 17.5 Å². The van der Waals surface area contributed by atoms with Crippen molar-refractivity contribution in [2.75, 3.05) is 4.90 Å². The van der Waals surface area contributed by atoms with Gasteiger partial charge in [0.25, 0.3) is 5.95 Å². The van der Waals surface area contributed by atoms with Gasteiger partial charge in [-0.05, 0) is 56.2 Å². The lowest BCUT2D eigenvalue weighted by Crippen LogP contribution is -2.16. The Hall–Kier alpha value is -4.26. The van der Waals surface area contributed by atoms with Gasteiger partial charge in [0, 0.05) is 0 Å². The summed E-state index contributed by atoms with van der Waals surface area (Å²) in [6, 6.07) is 24.1. The van der Waals surface area contributed by atoms with Crippen LogP contribution < -0.4 is 4.90 Å². The normalized spacial score (nSPS) is 11.0. The average molecular weight is 422 g/mol. The molecule has 0 aliphatic rings. The summed E-state index contributed by atoms with van der Waals surface area (Å²) in [5, 5.41) is 14.0. The molecule has 0 saturated carbocycles. The number of rotatable bonds is 5. The van der Waals surface area contributed by atoms with Crippen molar-refractivity contribution in [1.29, 1.82) is 0 Å². The SMILES string of the molecule is Cc1cc(C)c(N(c2cnn(-c3ccccc3)n2)c2ncn(-c3ccccc3)n2)c(C)c1. The minimum absolute atomic E-state index is 0.531. The molecule has 3 aromatic carbocycles. The van der Waals surface area contributed by atoms with Gasteiger partial charge < -0.3 is 0 Å². The van der Waals surface area contributed by atoms with E-state index in [2.05, 4.69) is 43.0 Å². The van der Waals surface area contributed by atoms with Crippen LogP contribution in [0.3, 0.4) is 0 Å². The summed E-state index contributed by atoms with van der Waals surface area (Å²) in [7, 11) is 0. The predicted octanol–water partition coefficient (Wildman–Crippen LogP) is 5.24. The maximum Gasteiger partial charge on any atom is 0.255 e. The van der Waals surface area contributed by atoms with Crippen LogP contribution in [0.5, 0.6) is 0 Å². The van der Waals surface area contributed by atoms with Gasteiger partial charge in [-0.2, -0.15) is 10.1 Å². The molecular formula is C25H23N7. The Morgan fingerprint density at radius 1 is 0.750 bits per heavy atom. The number of para-hydroxylation sites is 2. The Kier molecular flexibility index (Phi) is 4.99. The molecule has 0 radical (unpaired) electrons. The van der Waals surface area contributed by atoms with Crippen LogP contribution in [0, 0.1) is 20.8 Å². The molecule has 158 valence electrons. The van der Waals surface area contributed by atoms with Crippen LogP contribution in [0.2, 0.25) is 0 Å². The number of aryl methyl sites for hydroxylation is 3. The Balaban J connectivity index is 1.65. The Morgan fingerprint density at radius 3 is 2.03 bits per heavy atom. The molecule has 0 atom stereocenters. The second-order valence-electron chi connectivity index (χ2n) is 7.74. The maximum absolute atomic E-state index is 4.77. The van der Waals surface area contributed by atoms with Gasteiger partial charge in [0.05, 0.1) is 23.3 Å². The van der Waals surface area contributed by atoms with E-state index in [1.54, 1.807) is 22.0 Å². The minimum Gasteiger partial charge on any atom is -0.258 e. The topological polar surface area (TPSA) is 64.7 Å². The average Bonchev–Trinajstić information content (AvgIpc) is 3.48. The standard InChI is InChI=1S/C25H23N7/c1-18-14-19(2)24(20(3)15-18)31(23-16-27-32(28-23)22-12-8-5-9-13-22)25-26-17-30(29-25)21-10-6-4-7-11-21/h4-17H,1-3H3. The third-order valence-corrected chi connectivity index (χ3v) is 5.26. The Bertz CT molecular complexity index is 1250. The molecule has 0 bridgehead atoms. The summed E-state index contributed by atoms with van der Waals surface area (Å²) in [5.74, 6) is 1.18. The molecule has 0 unspecified atom stereocenters. The van der Waals surface area contributed by atoms with Gasteiger partial charge in [-0.1, -0.05) is 54.1 Å². The summed E-state index contributed by atoms with van der Waals surface area (Å²) in [5.41, 5.74) is 6.27. The molecule has 32 heavy (non-hydrogen) atoms. The molecule has 0 amide bonds. The van der Waals surface area contributed by atoms with Gasteiger partial charge in [0.1, 0.15) is 6.33 Å². The van der Waals surface area contributed by atoms with Crippen LogP contribution in [-0.4, -0.2) is 29.8 Å². The van der Waals surface area contributed by atoms with E-state index in [0.29, 0.717) is 11.8 Å². The highest BCUT2D eigenvalue weighted by molar-refractivity contribution is 5.75. The van der Waals surface area contributed by atoms with Crippen molar-refractivity contribution in [2.45, 2.75) is 20.8 Å². The lowest BCUT2D eigenvalue weighted by atomic mass is 10.0. The van der Waals surface area contributed by atoms with Crippen molar-refractivity contribution in [2.24, 2.45) is 0 Å². The summed E-state index contributed by atoms with van der Waals surface area (Å²) in [6.45, 7) is 6.29. The highest BCUT2D eigenvalue weighted by Crippen LogP contribution is 2.36. The van der Waals surface area contributed by atoms with Gasteiger partial charge in [-0.25, -0.2) is 4.68 Å². The fourth-order valence-corrected chi connectivity index (χ4v) is 3.95. The van der Waals surface area contributed by atoms with Crippen molar-refractivity contribution in [3.8, 4) is 11.4 Å². The number of benzene rings is 3. The lowest BCUT2D eigenvalue weighted by molar-refractivity contribution is 0.750. The van der Waals surface area contributed by atoms with Crippen LogP contribution >= 0.6 is 0 Å². The summed E-state index contributed by atoms with van der Waals surface area (Å²) in [6.07, 6.45) is 3.47. The molecular weight excluding hydrogens is 398 g/mol. The van der Waals surface area contributed by atoms with Crippen LogP contribution in [0.15, 0.2) is 85.3 Å². The molecule has 7 nitrogen and oxygen atoms in total. The zero-order chi connectivity index (χ0) is 22.1. The highest BCUT2D eigenvalue weighted by atomic mass is 15.5. The number of hydrogen-bond acceptors (Lipinski definition) is 5. The van der Waals surface area contributed by atoms with Crippen LogP contribution in [0.1, 0.15) is 16.7 Å². The molecule has 0 aliphatic heterocycles. The highest BCUT2D eigenvalue weighted by Gasteiger charge is 2.23. The largest absolute Gasteiger partial charge is 0.258 e. The summed E-state index contributed by atoms with van der Waals surface area (Å²) < 4.78 is 1.77. The van der Waals surface area contributed by atoms with E-state index in [0.717, 1.165) is 28.2 Å². The number of aromatic nitrogens is 6. The van der Waals surface area contributed by atoms with Gasteiger partial charge in [-0.3, -0.25) is 4.90 Å². The zero-order valence-corrected chi connectivity index (χ0v) is 18.2. The van der Waals surface area contributed by atoms with E-state index in [9.17, 15) is 0 Å². The third kappa shape index (κ3) is 3.65. The van der Waals surface area contributed by atoms with Crippen molar-refractivity contribution in [3.63, 3.8) is 0 Å². The van der Waals surface area contributed by atoms with Crippen molar-refractivity contribution >= 4 is 17.5 Å². The van der Waals surface area contributed by atoms with Crippen molar-refractivity contribution < 1.29 is 0 Å². The molecule has 0 fully saturated rings. The fourth-order valence-electron chi connectivity index (χ4n) is 3.95. The lowest BCUT2D eigenvalue weighted by Gasteiger charge is -2.23. The predicted molar refractivity (Wildman–Crippen MR) is 125 cm³/mol. The molecule has 0 spiro atoms. The Morgan fingerprint density at radius 2 is 1.38 bits per heavy atom. The van der Waals surface area contributed by atoms with Crippen molar-refractivity contribution in [1.82, 2.24) is 29.8 Å². The first-order valence-corrected chi connectivity index (χ1v) is 10.4. The third-order valence-electron chi connectivity index (χ3n) is 5.26. The maximum atomic E-state index is 4.77. The second-order valence-corrected chi connectivity index (χ2v) is 7.74. The van der Waals surface area contributed by atoms with Crippen LogP contribution in [0.25, 0.3) is 11.4 Å². The first kappa shape index (κ1) is 19.7. The smallest absolute Gasteiger partial charge is 0.255 e. The van der Waals surface area contributed by atoms with Gasteiger partial charge in [0.15, 0.2) is 5.82 Å².